The van der Waals surface area contributed by atoms with Crippen molar-refractivity contribution in [2.45, 2.75) is 39.2 Å². The molecule has 2 aliphatic heterocycles. The number of rotatable bonds is 3. The van der Waals surface area contributed by atoms with E-state index in [1.165, 1.54) is 48.9 Å². The minimum atomic E-state index is 0.563. The molecule has 0 amide bonds. The molecule has 18 heavy (non-hydrogen) atoms. The number of hydrogen-bond donors (Lipinski definition) is 1. The van der Waals surface area contributed by atoms with Crippen molar-refractivity contribution in [3.8, 4) is 0 Å². The summed E-state index contributed by atoms with van der Waals surface area (Å²) in [6.07, 6.45) is 4.82. The summed E-state index contributed by atoms with van der Waals surface area (Å²) < 4.78 is 0. The Balaban J connectivity index is 1.60. The molecule has 3 rings (SSSR count). The van der Waals surface area contributed by atoms with Gasteiger partial charge in [0.2, 0.25) is 0 Å². The fourth-order valence-corrected chi connectivity index (χ4v) is 4.15. The van der Waals surface area contributed by atoms with Gasteiger partial charge in [-0.3, -0.25) is 4.90 Å². The van der Waals surface area contributed by atoms with Crippen LogP contribution in [0.5, 0.6) is 0 Å². The first-order chi connectivity index (χ1) is 8.67. The molecule has 2 aliphatic rings. The van der Waals surface area contributed by atoms with Crippen LogP contribution in [-0.4, -0.2) is 36.1 Å². The Labute approximate surface area is 114 Å². The standard InChI is InChI=1S/C14H23N3S/c1-11(2)13-16-7-12(18-13)8-17-6-4-14(10-17)3-5-15-9-14/h7,11,15H,3-6,8-10H2,1-2H3. The number of thiazole rings is 1. The van der Waals surface area contributed by atoms with Gasteiger partial charge >= 0.3 is 0 Å². The largest absolute Gasteiger partial charge is 0.316 e. The summed E-state index contributed by atoms with van der Waals surface area (Å²) in [5.74, 6) is 0.563. The summed E-state index contributed by atoms with van der Waals surface area (Å²) in [6.45, 7) is 10.5. The first kappa shape index (κ1) is 12.6. The monoisotopic (exact) mass is 265 g/mol. The Morgan fingerprint density at radius 3 is 3.06 bits per heavy atom. The van der Waals surface area contributed by atoms with Gasteiger partial charge in [-0.05, 0) is 31.3 Å². The Morgan fingerprint density at radius 1 is 1.50 bits per heavy atom. The number of aromatic nitrogens is 1. The molecule has 3 heterocycles. The minimum absolute atomic E-state index is 0.563. The fraction of sp³-hybridized carbons (Fsp3) is 0.786. The second-order valence-corrected chi connectivity index (χ2v) is 7.35. The van der Waals surface area contributed by atoms with Crippen molar-refractivity contribution in [3.63, 3.8) is 0 Å². The second kappa shape index (κ2) is 4.91. The van der Waals surface area contributed by atoms with E-state index in [0.717, 1.165) is 6.54 Å². The lowest BCUT2D eigenvalue weighted by Crippen LogP contribution is -2.28. The summed E-state index contributed by atoms with van der Waals surface area (Å²) in [7, 11) is 0. The molecule has 0 bridgehead atoms. The van der Waals surface area contributed by atoms with Crippen LogP contribution in [0.15, 0.2) is 6.20 Å². The van der Waals surface area contributed by atoms with Gasteiger partial charge in [-0.15, -0.1) is 11.3 Å². The van der Waals surface area contributed by atoms with Crippen molar-refractivity contribution in [1.82, 2.24) is 15.2 Å². The minimum Gasteiger partial charge on any atom is -0.316 e. The molecule has 100 valence electrons. The molecule has 1 spiro atoms. The molecule has 0 radical (unpaired) electrons. The van der Waals surface area contributed by atoms with Crippen LogP contribution in [0.1, 0.15) is 42.5 Å². The summed E-state index contributed by atoms with van der Waals surface area (Å²) in [5.41, 5.74) is 0.589. The number of nitrogens with zero attached hydrogens (tertiary/aromatic N) is 2. The van der Waals surface area contributed by atoms with Gasteiger partial charge in [-0.1, -0.05) is 13.8 Å². The highest BCUT2D eigenvalue weighted by atomic mass is 32.1. The highest BCUT2D eigenvalue weighted by Gasteiger charge is 2.40. The third kappa shape index (κ3) is 2.46. The lowest BCUT2D eigenvalue weighted by Gasteiger charge is -2.22. The smallest absolute Gasteiger partial charge is 0.0953 e. The molecule has 1 aromatic rings. The van der Waals surface area contributed by atoms with Gasteiger partial charge in [-0.25, -0.2) is 4.98 Å². The van der Waals surface area contributed by atoms with Crippen molar-refractivity contribution >= 4 is 11.3 Å². The van der Waals surface area contributed by atoms with E-state index < -0.39 is 0 Å². The topological polar surface area (TPSA) is 28.2 Å². The van der Waals surface area contributed by atoms with Gasteiger partial charge in [0.05, 0.1) is 5.01 Å². The molecule has 2 fully saturated rings. The van der Waals surface area contributed by atoms with Crippen LogP contribution in [0.25, 0.3) is 0 Å². The quantitative estimate of drug-likeness (QED) is 0.910. The van der Waals surface area contributed by atoms with Crippen LogP contribution < -0.4 is 5.32 Å². The molecule has 1 aromatic heterocycles. The number of nitrogens with one attached hydrogen (secondary N) is 1. The van der Waals surface area contributed by atoms with Crippen LogP contribution in [0.4, 0.5) is 0 Å². The Bertz CT molecular complexity index is 407. The zero-order valence-electron chi connectivity index (χ0n) is 11.4. The predicted octanol–water partition coefficient (Wildman–Crippen LogP) is 2.45. The first-order valence-electron chi connectivity index (χ1n) is 7.05. The average molecular weight is 265 g/mol. The molecule has 0 saturated carbocycles. The molecular weight excluding hydrogens is 242 g/mol. The second-order valence-electron chi connectivity index (χ2n) is 6.21. The summed E-state index contributed by atoms with van der Waals surface area (Å²) in [4.78, 5) is 8.57. The molecule has 1 unspecified atom stereocenters. The Hall–Kier alpha value is -0.450. The number of hydrogen-bond acceptors (Lipinski definition) is 4. The van der Waals surface area contributed by atoms with Crippen LogP contribution in [0, 0.1) is 5.41 Å². The molecule has 0 aliphatic carbocycles. The third-order valence-corrected chi connectivity index (χ3v) is 5.58. The van der Waals surface area contributed by atoms with Gasteiger partial charge in [0.25, 0.3) is 0 Å². The van der Waals surface area contributed by atoms with E-state index in [4.69, 9.17) is 0 Å². The van der Waals surface area contributed by atoms with E-state index in [-0.39, 0.29) is 0 Å². The first-order valence-corrected chi connectivity index (χ1v) is 7.86. The van der Waals surface area contributed by atoms with Gasteiger partial charge in [0, 0.05) is 36.6 Å². The van der Waals surface area contributed by atoms with Crippen molar-refractivity contribution in [1.29, 1.82) is 0 Å². The maximum atomic E-state index is 4.53. The Kier molecular flexibility index (Phi) is 3.43. The van der Waals surface area contributed by atoms with Crippen LogP contribution in [0.2, 0.25) is 0 Å². The molecule has 1 atom stereocenters. The fourth-order valence-electron chi connectivity index (χ4n) is 3.19. The van der Waals surface area contributed by atoms with E-state index in [1.807, 2.05) is 11.3 Å². The zero-order chi connectivity index (χ0) is 12.6. The lowest BCUT2D eigenvalue weighted by atomic mass is 9.87. The lowest BCUT2D eigenvalue weighted by molar-refractivity contribution is 0.270. The van der Waals surface area contributed by atoms with Crippen LogP contribution in [-0.2, 0) is 6.54 Å². The molecule has 0 aromatic carbocycles. The third-order valence-electron chi connectivity index (χ3n) is 4.29. The van der Waals surface area contributed by atoms with Crippen LogP contribution >= 0.6 is 11.3 Å². The van der Waals surface area contributed by atoms with E-state index in [0.29, 0.717) is 11.3 Å². The van der Waals surface area contributed by atoms with Crippen molar-refractivity contribution in [2.24, 2.45) is 5.41 Å². The average Bonchev–Trinajstić information content (AvgIpc) is 3.03. The van der Waals surface area contributed by atoms with E-state index >= 15 is 0 Å². The zero-order valence-corrected chi connectivity index (χ0v) is 12.2. The summed E-state index contributed by atoms with van der Waals surface area (Å²) in [5, 5.41) is 4.80. The van der Waals surface area contributed by atoms with Gasteiger partial charge in [-0.2, -0.15) is 0 Å². The highest BCUT2D eigenvalue weighted by molar-refractivity contribution is 7.11. The van der Waals surface area contributed by atoms with Crippen LogP contribution in [0.3, 0.4) is 0 Å². The van der Waals surface area contributed by atoms with E-state index in [2.05, 4.69) is 35.2 Å². The number of likely N-dealkylation sites (tertiary alicyclic amines) is 1. The van der Waals surface area contributed by atoms with Crippen molar-refractivity contribution < 1.29 is 0 Å². The maximum Gasteiger partial charge on any atom is 0.0953 e. The molecule has 2 saturated heterocycles. The Morgan fingerprint density at radius 2 is 2.39 bits per heavy atom. The SMILES string of the molecule is CC(C)c1ncc(CN2CCC3(CCNC3)C2)s1. The van der Waals surface area contributed by atoms with Crippen molar-refractivity contribution in [3.05, 3.63) is 16.1 Å². The normalized spacial score (nSPS) is 28.8. The van der Waals surface area contributed by atoms with E-state index in [9.17, 15) is 0 Å². The van der Waals surface area contributed by atoms with Gasteiger partial charge < -0.3 is 5.32 Å². The summed E-state index contributed by atoms with van der Waals surface area (Å²) in [6, 6.07) is 0. The molecule has 4 heteroatoms. The van der Waals surface area contributed by atoms with Crippen molar-refractivity contribution in [2.75, 3.05) is 26.2 Å². The van der Waals surface area contributed by atoms with E-state index in [1.54, 1.807) is 0 Å². The molecule has 1 N–H and O–H groups in total. The molecule has 3 nitrogen and oxygen atoms in total. The highest BCUT2D eigenvalue weighted by Crippen LogP contribution is 2.37. The summed E-state index contributed by atoms with van der Waals surface area (Å²) >= 11 is 1.89. The van der Waals surface area contributed by atoms with Gasteiger partial charge in [0.15, 0.2) is 0 Å². The maximum absolute atomic E-state index is 4.53. The molecular formula is C14H23N3S. The van der Waals surface area contributed by atoms with Gasteiger partial charge in [0.1, 0.15) is 0 Å². The predicted molar refractivity (Wildman–Crippen MR) is 76.0 cm³/mol.